The van der Waals surface area contributed by atoms with Crippen molar-refractivity contribution in [2.75, 3.05) is 13.2 Å². The minimum absolute atomic E-state index is 0.219. The maximum absolute atomic E-state index is 11.7. The fourth-order valence-electron chi connectivity index (χ4n) is 0.912. The summed E-state index contributed by atoms with van der Waals surface area (Å²) in [7, 11) is 0. The second-order valence-corrected chi connectivity index (χ2v) is 4.26. The fourth-order valence-corrected chi connectivity index (χ4v) is 1.01. The topological polar surface area (TPSA) is 35.2 Å². The van der Waals surface area contributed by atoms with E-state index in [-0.39, 0.29) is 5.41 Å². The molecule has 0 aliphatic carbocycles. The Morgan fingerprint density at radius 1 is 1.50 bits per heavy atom. The van der Waals surface area contributed by atoms with Crippen molar-refractivity contribution in [1.29, 1.82) is 0 Å². The second-order valence-electron chi connectivity index (χ2n) is 3.82. The van der Waals surface area contributed by atoms with Crippen molar-refractivity contribution in [2.24, 2.45) is 11.1 Å². The monoisotopic (exact) mass is 225 g/mol. The van der Waals surface area contributed by atoms with Crippen LogP contribution in [0.5, 0.6) is 0 Å². The molecule has 2 N–H and O–H groups in total. The van der Waals surface area contributed by atoms with Crippen LogP contribution < -0.4 is 5.73 Å². The highest BCUT2D eigenvalue weighted by Crippen LogP contribution is 2.22. The summed E-state index contributed by atoms with van der Waals surface area (Å²) in [6.45, 7) is 3.70. The molecule has 0 aromatic carbocycles. The molecule has 5 heteroatoms. The molecule has 0 saturated carbocycles. The number of hydrogen-bond acceptors (Lipinski definition) is 2. The first-order valence-electron chi connectivity index (χ1n) is 4.52. The van der Waals surface area contributed by atoms with Crippen LogP contribution in [0.2, 0.25) is 0 Å². The molecule has 0 fully saturated rings. The Morgan fingerprint density at radius 2 is 2.07 bits per heavy atom. The lowest BCUT2D eigenvalue weighted by Crippen LogP contribution is -2.29. The van der Waals surface area contributed by atoms with Gasteiger partial charge in [0.25, 0.3) is 6.43 Å². The summed E-state index contributed by atoms with van der Waals surface area (Å²) >= 11 is 4.87. The second kappa shape index (κ2) is 6.24. The highest BCUT2D eigenvalue weighted by molar-refractivity contribution is 7.80. The van der Waals surface area contributed by atoms with Gasteiger partial charge in [-0.2, -0.15) is 0 Å². The van der Waals surface area contributed by atoms with Crippen molar-refractivity contribution in [1.82, 2.24) is 0 Å². The molecule has 0 unspecified atom stereocenters. The molecule has 0 aliphatic rings. The molecule has 0 spiro atoms. The van der Waals surface area contributed by atoms with Gasteiger partial charge in [-0.3, -0.25) is 0 Å². The van der Waals surface area contributed by atoms with E-state index in [4.69, 9.17) is 22.7 Å². The summed E-state index contributed by atoms with van der Waals surface area (Å²) in [6.07, 6.45) is -0.943. The van der Waals surface area contributed by atoms with Gasteiger partial charge < -0.3 is 10.5 Å². The smallest absolute Gasteiger partial charge is 0.261 e. The molecule has 0 saturated heterocycles. The van der Waals surface area contributed by atoms with Gasteiger partial charge in [0.1, 0.15) is 6.61 Å². The summed E-state index contributed by atoms with van der Waals surface area (Å²) < 4.78 is 28.1. The maximum Gasteiger partial charge on any atom is 0.261 e. The van der Waals surface area contributed by atoms with Gasteiger partial charge in [-0.25, -0.2) is 8.78 Å². The lowest BCUT2D eigenvalue weighted by molar-refractivity contribution is 0.0151. The highest BCUT2D eigenvalue weighted by Gasteiger charge is 2.20. The Morgan fingerprint density at radius 3 is 2.50 bits per heavy atom. The Kier molecular flexibility index (Phi) is 6.11. The predicted molar refractivity (Wildman–Crippen MR) is 56.6 cm³/mol. The van der Waals surface area contributed by atoms with Crippen LogP contribution in [0, 0.1) is 5.41 Å². The van der Waals surface area contributed by atoms with Gasteiger partial charge in [0.2, 0.25) is 0 Å². The van der Waals surface area contributed by atoms with Gasteiger partial charge in [0, 0.05) is 12.0 Å². The Bertz CT molecular complexity index is 186. The number of nitrogens with two attached hydrogens (primary N) is 1. The van der Waals surface area contributed by atoms with Crippen LogP contribution in [0.25, 0.3) is 0 Å². The van der Waals surface area contributed by atoms with E-state index < -0.39 is 13.0 Å². The largest absolute Gasteiger partial charge is 0.393 e. The van der Waals surface area contributed by atoms with E-state index in [9.17, 15) is 8.78 Å². The molecule has 0 bridgehead atoms. The van der Waals surface area contributed by atoms with E-state index in [2.05, 4.69) is 0 Å². The number of alkyl halides is 2. The zero-order chi connectivity index (χ0) is 11.2. The van der Waals surface area contributed by atoms with E-state index in [0.717, 1.165) is 6.42 Å². The van der Waals surface area contributed by atoms with E-state index in [1.54, 1.807) is 0 Å². The van der Waals surface area contributed by atoms with Gasteiger partial charge in [-0.05, 0) is 12.8 Å². The first-order chi connectivity index (χ1) is 6.36. The van der Waals surface area contributed by atoms with Crippen LogP contribution in [-0.4, -0.2) is 24.6 Å². The number of ether oxygens (including phenoxy) is 1. The fraction of sp³-hybridized carbons (Fsp3) is 0.889. The third-order valence-electron chi connectivity index (χ3n) is 2.00. The normalized spacial score (nSPS) is 12.1. The van der Waals surface area contributed by atoms with E-state index in [1.807, 2.05) is 13.8 Å². The summed E-state index contributed by atoms with van der Waals surface area (Å²) in [5.74, 6) is 0. The average Bonchev–Trinajstić information content (AvgIpc) is 2.02. The summed E-state index contributed by atoms with van der Waals surface area (Å²) in [5.41, 5.74) is 5.29. The summed E-state index contributed by atoms with van der Waals surface area (Å²) in [4.78, 5) is 0.450. The third-order valence-corrected chi connectivity index (χ3v) is 2.55. The Hall–Kier alpha value is -0.290. The molecule has 0 heterocycles. The Balaban J connectivity index is 3.49. The van der Waals surface area contributed by atoms with Crippen molar-refractivity contribution in [3.05, 3.63) is 0 Å². The van der Waals surface area contributed by atoms with Crippen molar-refractivity contribution >= 4 is 17.2 Å². The molecule has 0 atom stereocenters. The lowest BCUT2D eigenvalue weighted by Gasteiger charge is -2.22. The molecule has 0 aromatic heterocycles. The zero-order valence-electron chi connectivity index (χ0n) is 8.56. The molecule has 84 valence electrons. The minimum Gasteiger partial charge on any atom is -0.393 e. The van der Waals surface area contributed by atoms with Crippen LogP contribution in [0.3, 0.4) is 0 Å². The standard InChI is InChI=1S/C9H17F2NOS/c1-9(2,8(12)14)4-3-5-13-6-7(10)11/h7H,3-6H2,1-2H3,(H2,12,14). The van der Waals surface area contributed by atoms with Gasteiger partial charge >= 0.3 is 0 Å². The van der Waals surface area contributed by atoms with Crippen LogP contribution in [0.15, 0.2) is 0 Å². The number of rotatable bonds is 7. The molecular formula is C9H17F2NOS. The zero-order valence-corrected chi connectivity index (χ0v) is 9.37. The Labute approximate surface area is 88.8 Å². The van der Waals surface area contributed by atoms with E-state index in [1.165, 1.54) is 0 Å². The highest BCUT2D eigenvalue weighted by atomic mass is 32.1. The van der Waals surface area contributed by atoms with Gasteiger partial charge in [-0.1, -0.05) is 26.1 Å². The van der Waals surface area contributed by atoms with Crippen molar-refractivity contribution in [2.45, 2.75) is 33.1 Å². The van der Waals surface area contributed by atoms with Gasteiger partial charge in [-0.15, -0.1) is 0 Å². The van der Waals surface area contributed by atoms with Crippen molar-refractivity contribution < 1.29 is 13.5 Å². The average molecular weight is 225 g/mol. The van der Waals surface area contributed by atoms with Crippen molar-refractivity contribution in [3.63, 3.8) is 0 Å². The van der Waals surface area contributed by atoms with E-state index in [0.29, 0.717) is 18.0 Å². The van der Waals surface area contributed by atoms with E-state index >= 15 is 0 Å². The molecule has 0 radical (unpaired) electrons. The number of hydrogen-bond donors (Lipinski definition) is 1. The number of halogens is 2. The van der Waals surface area contributed by atoms with Crippen LogP contribution in [-0.2, 0) is 4.74 Å². The predicted octanol–water partition coefficient (Wildman–Crippen LogP) is 2.36. The van der Waals surface area contributed by atoms with Crippen LogP contribution >= 0.6 is 12.2 Å². The first kappa shape index (κ1) is 13.7. The summed E-state index contributed by atoms with van der Waals surface area (Å²) in [5, 5.41) is 0. The number of thiocarbonyl (C=S) groups is 1. The minimum atomic E-state index is -2.39. The van der Waals surface area contributed by atoms with Crippen LogP contribution in [0.1, 0.15) is 26.7 Å². The first-order valence-corrected chi connectivity index (χ1v) is 4.93. The van der Waals surface area contributed by atoms with Crippen LogP contribution in [0.4, 0.5) is 8.78 Å². The molecule has 0 aliphatic heterocycles. The molecule has 2 nitrogen and oxygen atoms in total. The third kappa shape index (κ3) is 6.21. The quantitative estimate of drug-likeness (QED) is 0.533. The molecule has 0 aromatic rings. The maximum atomic E-state index is 11.7. The SMILES string of the molecule is CC(C)(CCCOCC(F)F)C(N)=S. The molecule has 14 heavy (non-hydrogen) atoms. The lowest BCUT2D eigenvalue weighted by atomic mass is 9.88. The van der Waals surface area contributed by atoms with Crippen molar-refractivity contribution in [3.8, 4) is 0 Å². The summed E-state index contributed by atoms with van der Waals surface area (Å²) in [6, 6.07) is 0. The molecular weight excluding hydrogens is 208 g/mol. The van der Waals surface area contributed by atoms with Gasteiger partial charge in [0.05, 0.1) is 4.99 Å². The molecule has 0 amide bonds. The van der Waals surface area contributed by atoms with Gasteiger partial charge in [0.15, 0.2) is 0 Å². The molecule has 0 rings (SSSR count).